The molecule has 88 valence electrons. The monoisotopic (exact) mass is 237 g/mol. The highest BCUT2D eigenvalue weighted by atomic mass is 32.1. The zero-order chi connectivity index (χ0) is 11.4. The number of nitrogens with zero attached hydrogens (tertiary/aromatic N) is 2. The van der Waals surface area contributed by atoms with Crippen molar-refractivity contribution >= 4 is 11.3 Å². The fourth-order valence-corrected chi connectivity index (χ4v) is 2.21. The molecule has 1 saturated carbocycles. The number of aromatic nitrogens is 1. The summed E-state index contributed by atoms with van der Waals surface area (Å²) in [4.78, 5) is 6.54. The second-order valence-corrected chi connectivity index (χ2v) is 5.28. The van der Waals surface area contributed by atoms with E-state index in [2.05, 4.69) is 34.2 Å². The van der Waals surface area contributed by atoms with E-state index in [1.165, 1.54) is 18.4 Å². The summed E-state index contributed by atoms with van der Waals surface area (Å²) in [5.74, 6) is 0. The molecule has 0 aliphatic heterocycles. The molecule has 0 spiro atoms. The minimum absolute atomic E-state index is 0.764. The van der Waals surface area contributed by atoms with Crippen LogP contribution in [0.4, 0.5) is 0 Å². The molecule has 0 saturated heterocycles. The van der Waals surface area contributed by atoms with Crippen LogP contribution in [0, 0.1) is 0 Å². The van der Waals surface area contributed by atoms with Crippen LogP contribution in [0.5, 0.6) is 0 Å². The Kier molecular flexibility index (Phi) is 4.09. The summed E-state index contributed by atoms with van der Waals surface area (Å²) in [6.07, 6.45) is 2.67. The van der Waals surface area contributed by atoms with Crippen LogP contribution < -0.4 is 5.32 Å². The van der Waals surface area contributed by atoms with Crippen molar-refractivity contribution in [2.75, 3.05) is 20.1 Å². The van der Waals surface area contributed by atoms with Crippen molar-refractivity contribution in [2.24, 2.45) is 0 Å². The lowest BCUT2D eigenvalue weighted by Crippen LogP contribution is -2.26. The van der Waals surface area contributed by atoms with E-state index in [0.717, 1.165) is 31.4 Å². The Labute approximate surface area is 101 Å². The SMILES string of the molecule is C=C(CNC1CC1)CN(C)Cc1cscn1. The number of hydrogen-bond acceptors (Lipinski definition) is 4. The third-order valence-electron chi connectivity index (χ3n) is 2.63. The second-order valence-electron chi connectivity index (χ2n) is 4.56. The summed E-state index contributed by atoms with van der Waals surface area (Å²) in [5.41, 5.74) is 4.28. The van der Waals surface area contributed by atoms with Gasteiger partial charge in [-0.3, -0.25) is 4.90 Å². The maximum Gasteiger partial charge on any atom is 0.0795 e. The molecule has 2 rings (SSSR count). The normalized spacial score (nSPS) is 15.6. The lowest BCUT2D eigenvalue weighted by atomic mass is 10.2. The average molecular weight is 237 g/mol. The first-order valence-electron chi connectivity index (χ1n) is 5.69. The van der Waals surface area contributed by atoms with Crippen LogP contribution in [-0.4, -0.2) is 36.1 Å². The summed E-state index contributed by atoms with van der Waals surface area (Å²) < 4.78 is 0. The molecule has 1 aliphatic carbocycles. The van der Waals surface area contributed by atoms with E-state index in [1.54, 1.807) is 11.3 Å². The quantitative estimate of drug-likeness (QED) is 0.734. The van der Waals surface area contributed by atoms with E-state index in [-0.39, 0.29) is 0 Å². The van der Waals surface area contributed by atoms with Crippen molar-refractivity contribution in [3.05, 3.63) is 28.7 Å². The van der Waals surface area contributed by atoms with E-state index in [0.29, 0.717) is 0 Å². The van der Waals surface area contributed by atoms with Gasteiger partial charge in [0.05, 0.1) is 11.2 Å². The summed E-state index contributed by atoms with van der Waals surface area (Å²) in [6.45, 7) is 6.90. The predicted octanol–water partition coefficient (Wildman–Crippen LogP) is 1.88. The molecule has 4 heteroatoms. The van der Waals surface area contributed by atoms with Gasteiger partial charge < -0.3 is 5.32 Å². The van der Waals surface area contributed by atoms with Crippen LogP contribution in [0.3, 0.4) is 0 Å². The fraction of sp³-hybridized carbons (Fsp3) is 0.583. The first-order chi connectivity index (χ1) is 7.74. The molecule has 0 radical (unpaired) electrons. The predicted molar refractivity (Wildman–Crippen MR) is 68.6 cm³/mol. The maximum atomic E-state index is 4.28. The van der Waals surface area contributed by atoms with Gasteiger partial charge in [-0.2, -0.15) is 0 Å². The van der Waals surface area contributed by atoms with Crippen molar-refractivity contribution < 1.29 is 0 Å². The molecule has 0 bridgehead atoms. The van der Waals surface area contributed by atoms with Gasteiger partial charge in [0.15, 0.2) is 0 Å². The number of thiazole rings is 1. The van der Waals surface area contributed by atoms with Crippen molar-refractivity contribution in [2.45, 2.75) is 25.4 Å². The Morgan fingerprint density at radius 1 is 1.69 bits per heavy atom. The molecule has 1 aliphatic rings. The highest BCUT2D eigenvalue weighted by molar-refractivity contribution is 7.07. The zero-order valence-electron chi connectivity index (χ0n) is 9.78. The van der Waals surface area contributed by atoms with Crippen molar-refractivity contribution in [3.63, 3.8) is 0 Å². The second kappa shape index (κ2) is 5.57. The molecule has 1 aromatic rings. The van der Waals surface area contributed by atoms with Crippen molar-refractivity contribution in [1.29, 1.82) is 0 Å². The van der Waals surface area contributed by atoms with E-state index < -0.39 is 0 Å². The average Bonchev–Trinajstić information content (AvgIpc) is 2.94. The number of nitrogens with one attached hydrogen (secondary N) is 1. The standard InChI is InChI=1S/C12H19N3S/c1-10(5-13-11-3-4-11)6-15(2)7-12-8-16-9-14-12/h8-9,11,13H,1,3-7H2,2H3. The molecular formula is C12H19N3S. The Balaban J connectivity index is 1.65. The molecular weight excluding hydrogens is 218 g/mol. The topological polar surface area (TPSA) is 28.2 Å². The molecule has 0 atom stereocenters. The van der Waals surface area contributed by atoms with E-state index in [4.69, 9.17) is 0 Å². The van der Waals surface area contributed by atoms with Crippen LogP contribution in [0.15, 0.2) is 23.0 Å². The smallest absolute Gasteiger partial charge is 0.0795 e. The summed E-state index contributed by atoms with van der Waals surface area (Å²) in [6, 6.07) is 0.764. The van der Waals surface area contributed by atoms with E-state index >= 15 is 0 Å². The Morgan fingerprint density at radius 2 is 2.50 bits per heavy atom. The highest BCUT2D eigenvalue weighted by Gasteiger charge is 2.20. The van der Waals surface area contributed by atoms with Gasteiger partial charge in [0, 0.05) is 31.1 Å². The third kappa shape index (κ3) is 4.04. The molecule has 0 amide bonds. The maximum absolute atomic E-state index is 4.28. The molecule has 0 unspecified atom stereocenters. The third-order valence-corrected chi connectivity index (χ3v) is 3.26. The van der Waals surface area contributed by atoms with Crippen molar-refractivity contribution in [1.82, 2.24) is 15.2 Å². The Morgan fingerprint density at radius 3 is 3.12 bits per heavy atom. The molecule has 0 aromatic carbocycles. The van der Waals surface area contributed by atoms with Crippen molar-refractivity contribution in [3.8, 4) is 0 Å². The summed E-state index contributed by atoms with van der Waals surface area (Å²) in [5, 5.41) is 5.58. The molecule has 3 nitrogen and oxygen atoms in total. The molecule has 1 N–H and O–H groups in total. The summed E-state index contributed by atoms with van der Waals surface area (Å²) >= 11 is 1.65. The van der Waals surface area contributed by atoms with Gasteiger partial charge in [-0.25, -0.2) is 4.98 Å². The lowest BCUT2D eigenvalue weighted by Gasteiger charge is -2.17. The van der Waals surface area contributed by atoms with Gasteiger partial charge in [0.1, 0.15) is 0 Å². The van der Waals surface area contributed by atoms with E-state index in [9.17, 15) is 0 Å². The van der Waals surface area contributed by atoms with Gasteiger partial charge in [0.2, 0.25) is 0 Å². The van der Waals surface area contributed by atoms with Gasteiger partial charge in [0.25, 0.3) is 0 Å². The van der Waals surface area contributed by atoms with Crippen LogP contribution >= 0.6 is 11.3 Å². The Bertz CT molecular complexity index is 330. The largest absolute Gasteiger partial charge is 0.310 e. The zero-order valence-corrected chi connectivity index (χ0v) is 10.6. The first kappa shape index (κ1) is 11.8. The first-order valence-corrected chi connectivity index (χ1v) is 6.64. The van der Waals surface area contributed by atoms with Crippen LogP contribution in [-0.2, 0) is 6.54 Å². The van der Waals surface area contributed by atoms with Gasteiger partial charge in [-0.1, -0.05) is 6.58 Å². The van der Waals surface area contributed by atoms with Crippen LogP contribution in [0.2, 0.25) is 0 Å². The minimum atomic E-state index is 0.764. The fourth-order valence-electron chi connectivity index (χ4n) is 1.66. The van der Waals surface area contributed by atoms with E-state index in [1.807, 2.05) is 5.51 Å². The van der Waals surface area contributed by atoms with Gasteiger partial charge in [-0.15, -0.1) is 11.3 Å². The molecule has 16 heavy (non-hydrogen) atoms. The lowest BCUT2D eigenvalue weighted by molar-refractivity contribution is 0.348. The number of rotatable bonds is 7. The molecule has 1 fully saturated rings. The highest BCUT2D eigenvalue weighted by Crippen LogP contribution is 2.18. The number of hydrogen-bond donors (Lipinski definition) is 1. The number of likely N-dealkylation sites (N-methyl/N-ethyl adjacent to an activating group) is 1. The molecule has 1 aromatic heterocycles. The summed E-state index contributed by atoms with van der Waals surface area (Å²) in [7, 11) is 2.11. The van der Waals surface area contributed by atoms with Crippen LogP contribution in [0.25, 0.3) is 0 Å². The molecule has 1 heterocycles. The van der Waals surface area contributed by atoms with Gasteiger partial charge >= 0.3 is 0 Å². The Hall–Kier alpha value is -0.710. The van der Waals surface area contributed by atoms with Crippen LogP contribution in [0.1, 0.15) is 18.5 Å². The minimum Gasteiger partial charge on any atom is -0.310 e. The van der Waals surface area contributed by atoms with Gasteiger partial charge in [-0.05, 0) is 25.5 Å².